The Morgan fingerprint density at radius 2 is 1.92 bits per heavy atom. The van der Waals surface area contributed by atoms with Crippen LogP contribution in [0, 0.1) is 6.92 Å². The second-order valence-electron chi connectivity index (χ2n) is 6.26. The van der Waals surface area contributed by atoms with Gasteiger partial charge in [-0.1, -0.05) is 48.0 Å². The lowest BCUT2D eigenvalue weighted by Gasteiger charge is -2.04. The molecule has 4 rings (SSSR count). The molecule has 2 aromatic carbocycles. The standard InChI is InChI=1S/C20H18N4O2/c1-3-14-5-7-15(8-6-14)19-22-18(26-23-19)11-24-12-21-17-9-4-13(2)10-16(17)20(24)25/h4-10,12H,3,11H2,1-2H3. The maximum Gasteiger partial charge on any atom is 0.261 e. The molecule has 0 spiro atoms. The molecule has 26 heavy (non-hydrogen) atoms. The van der Waals surface area contributed by atoms with E-state index >= 15 is 0 Å². The molecule has 0 aliphatic heterocycles. The minimum atomic E-state index is -0.120. The molecule has 0 atom stereocenters. The summed E-state index contributed by atoms with van der Waals surface area (Å²) in [6, 6.07) is 13.7. The summed E-state index contributed by atoms with van der Waals surface area (Å²) in [5.41, 5.74) is 3.72. The Bertz CT molecular complexity index is 1130. The highest BCUT2D eigenvalue weighted by Gasteiger charge is 2.11. The predicted octanol–water partition coefficient (Wildman–Crippen LogP) is 3.37. The predicted molar refractivity (Wildman–Crippen MR) is 99.0 cm³/mol. The Labute approximate surface area is 150 Å². The summed E-state index contributed by atoms with van der Waals surface area (Å²) < 4.78 is 6.81. The Kier molecular flexibility index (Phi) is 4.08. The van der Waals surface area contributed by atoms with Gasteiger partial charge in [0, 0.05) is 5.56 Å². The maximum absolute atomic E-state index is 12.7. The van der Waals surface area contributed by atoms with Crippen molar-refractivity contribution < 1.29 is 4.52 Å². The summed E-state index contributed by atoms with van der Waals surface area (Å²) >= 11 is 0. The molecule has 0 bridgehead atoms. The van der Waals surface area contributed by atoms with Crippen molar-refractivity contribution in [2.45, 2.75) is 26.8 Å². The van der Waals surface area contributed by atoms with Crippen LogP contribution in [0.4, 0.5) is 0 Å². The van der Waals surface area contributed by atoms with Crippen molar-refractivity contribution in [2.75, 3.05) is 0 Å². The Hall–Kier alpha value is -3.28. The van der Waals surface area contributed by atoms with Crippen molar-refractivity contribution in [1.82, 2.24) is 19.7 Å². The second kappa shape index (κ2) is 6.55. The lowest BCUT2D eigenvalue weighted by atomic mass is 10.1. The SMILES string of the molecule is CCc1ccc(-c2noc(Cn3cnc4ccc(C)cc4c3=O)n2)cc1. The number of benzene rings is 2. The zero-order chi connectivity index (χ0) is 18.1. The van der Waals surface area contributed by atoms with Crippen molar-refractivity contribution in [1.29, 1.82) is 0 Å². The molecule has 0 saturated heterocycles. The Morgan fingerprint density at radius 3 is 2.69 bits per heavy atom. The summed E-state index contributed by atoms with van der Waals surface area (Å²) in [5.74, 6) is 0.885. The first-order valence-corrected chi connectivity index (χ1v) is 8.52. The normalized spacial score (nSPS) is 11.2. The van der Waals surface area contributed by atoms with Gasteiger partial charge in [-0.2, -0.15) is 4.98 Å². The largest absolute Gasteiger partial charge is 0.337 e. The van der Waals surface area contributed by atoms with Gasteiger partial charge < -0.3 is 4.52 Å². The van der Waals surface area contributed by atoms with Crippen LogP contribution in [0.5, 0.6) is 0 Å². The van der Waals surface area contributed by atoms with Gasteiger partial charge in [0.15, 0.2) is 0 Å². The lowest BCUT2D eigenvalue weighted by molar-refractivity contribution is 0.369. The third-order valence-corrected chi connectivity index (χ3v) is 4.37. The molecule has 130 valence electrons. The first-order chi connectivity index (χ1) is 12.6. The summed E-state index contributed by atoms with van der Waals surface area (Å²) in [6.07, 6.45) is 2.50. The van der Waals surface area contributed by atoms with Crippen molar-refractivity contribution in [3.05, 3.63) is 76.2 Å². The van der Waals surface area contributed by atoms with Gasteiger partial charge in [-0.05, 0) is 31.0 Å². The molecular weight excluding hydrogens is 328 g/mol. The van der Waals surface area contributed by atoms with Crippen LogP contribution in [0.3, 0.4) is 0 Å². The van der Waals surface area contributed by atoms with Gasteiger partial charge in [-0.25, -0.2) is 4.98 Å². The van der Waals surface area contributed by atoms with Gasteiger partial charge in [0.1, 0.15) is 6.54 Å². The molecule has 4 aromatic rings. The van der Waals surface area contributed by atoms with Gasteiger partial charge in [-0.15, -0.1) is 0 Å². The molecule has 2 heterocycles. The first kappa shape index (κ1) is 16.2. The van der Waals surface area contributed by atoms with Gasteiger partial charge in [0.05, 0.1) is 17.2 Å². The number of nitrogens with zero attached hydrogens (tertiary/aromatic N) is 4. The van der Waals surface area contributed by atoms with Crippen molar-refractivity contribution in [3.8, 4) is 11.4 Å². The summed E-state index contributed by atoms with van der Waals surface area (Å²) in [5, 5.41) is 4.61. The zero-order valence-electron chi connectivity index (χ0n) is 14.6. The molecule has 2 aromatic heterocycles. The topological polar surface area (TPSA) is 73.8 Å². The number of hydrogen-bond acceptors (Lipinski definition) is 5. The van der Waals surface area contributed by atoms with E-state index in [-0.39, 0.29) is 12.1 Å². The minimum Gasteiger partial charge on any atom is -0.337 e. The second-order valence-corrected chi connectivity index (χ2v) is 6.26. The lowest BCUT2D eigenvalue weighted by Crippen LogP contribution is -2.21. The molecule has 0 saturated carbocycles. The van der Waals surface area contributed by atoms with E-state index in [0.717, 1.165) is 17.5 Å². The van der Waals surface area contributed by atoms with E-state index < -0.39 is 0 Å². The molecule has 0 aliphatic rings. The quantitative estimate of drug-likeness (QED) is 0.566. The Balaban J connectivity index is 1.64. The minimum absolute atomic E-state index is 0.120. The fourth-order valence-corrected chi connectivity index (χ4v) is 2.86. The molecule has 0 fully saturated rings. The first-order valence-electron chi connectivity index (χ1n) is 8.52. The summed E-state index contributed by atoms with van der Waals surface area (Å²) in [7, 11) is 0. The number of fused-ring (bicyclic) bond motifs is 1. The average Bonchev–Trinajstić information content (AvgIpc) is 3.13. The van der Waals surface area contributed by atoms with Crippen LogP contribution in [0.15, 0.2) is 58.1 Å². The Morgan fingerprint density at radius 1 is 1.12 bits per heavy atom. The van der Waals surface area contributed by atoms with Gasteiger partial charge in [0.2, 0.25) is 11.7 Å². The highest BCUT2D eigenvalue weighted by molar-refractivity contribution is 5.77. The summed E-state index contributed by atoms with van der Waals surface area (Å²) in [6.45, 7) is 4.25. The van der Waals surface area contributed by atoms with Crippen LogP contribution in [0.2, 0.25) is 0 Å². The molecule has 0 radical (unpaired) electrons. The highest BCUT2D eigenvalue weighted by Crippen LogP contribution is 2.17. The van der Waals surface area contributed by atoms with Gasteiger partial charge in [-0.3, -0.25) is 9.36 Å². The molecule has 0 aliphatic carbocycles. The maximum atomic E-state index is 12.7. The fraction of sp³-hybridized carbons (Fsp3) is 0.200. The van der Waals surface area contributed by atoms with E-state index in [0.29, 0.717) is 22.6 Å². The molecule has 0 amide bonds. The van der Waals surface area contributed by atoms with E-state index in [1.54, 1.807) is 0 Å². The van der Waals surface area contributed by atoms with Crippen LogP contribution < -0.4 is 5.56 Å². The highest BCUT2D eigenvalue weighted by atomic mass is 16.5. The van der Waals surface area contributed by atoms with Crippen molar-refractivity contribution in [2.24, 2.45) is 0 Å². The van der Waals surface area contributed by atoms with Crippen molar-refractivity contribution >= 4 is 10.9 Å². The third kappa shape index (κ3) is 3.01. The van der Waals surface area contributed by atoms with Crippen LogP contribution in [-0.2, 0) is 13.0 Å². The van der Waals surface area contributed by atoms with E-state index in [2.05, 4.69) is 22.0 Å². The van der Waals surface area contributed by atoms with Crippen LogP contribution in [0.1, 0.15) is 23.9 Å². The van der Waals surface area contributed by atoms with Crippen molar-refractivity contribution in [3.63, 3.8) is 0 Å². The van der Waals surface area contributed by atoms with Crippen LogP contribution in [-0.4, -0.2) is 19.7 Å². The molecule has 0 N–H and O–H groups in total. The monoisotopic (exact) mass is 346 g/mol. The average molecular weight is 346 g/mol. The number of hydrogen-bond donors (Lipinski definition) is 0. The van der Waals surface area contributed by atoms with Crippen LogP contribution >= 0.6 is 0 Å². The molecular formula is C20H18N4O2. The fourth-order valence-electron chi connectivity index (χ4n) is 2.86. The number of aromatic nitrogens is 4. The number of rotatable bonds is 4. The summed E-state index contributed by atoms with van der Waals surface area (Å²) in [4.78, 5) is 21.4. The van der Waals surface area contributed by atoms with Gasteiger partial charge >= 0.3 is 0 Å². The molecule has 6 nitrogen and oxygen atoms in total. The number of aryl methyl sites for hydroxylation is 2. The third-order valence-electron chi connectivity index (χ3n) is 4.37. The van der Waals surface area contributed by atoms with Crippen LogP contribution in [0.25, 0.3) is 22.3 Å². The van der Waals surface area contributed by atoms with E-state index in [9.17, 15) is 4.79 Å². The van der Waals surface area contributed by atoms with E-state index in [4.69, 9.17) is 4.52 Å². The molecule has 6 heteroatoms. The van der Waals surface area contributed by atoms with Gasteiger partial charge in [0.25, 0.3) is 5.56 Å². The zero-order valence-corrected chi connectivity index (χ0v) is 14.6. The smallest absolute Gasteiger partial charge is 0.261 e. The molecule has 0 unspecified atom stereocenters. The van der Waals surface area contributed by atoms with E-state index in [1.165, 1.54) is 16.5 Å². The van der Waals surface area contributed by atoms with E-state index in [1.807, 2.05) is 49.4 Å².